The first-order valence-electron chi connectivity index (χ1n) is 6.64. The van der Waals surface area contributed by atoms with Crippen molar-refractivity contribution in [2.75, 3.05) is 0 Å². The molecule has 0 N–H and O–H groups in total. The van der Waals surface area contributed by atoms with E-state index in [1.807, 2.05) is 35.1 Å². The zero-order valence-electron chi connectivity index (χ0n) is 11.5. The van der Waals surface area contributed by atoms with E-state index in [1.165, 1.54) is 33.9 Å². The first-order valence-corrected chi connectivity index (χ1v) is 9.91. The molecule has 0 saturated carbocycles. The summed E-state index contributed by atoms with van der Waals surface area (Å²) in [5.41, 5.74) is 0. The van der Waals surface area contributed by atoms with Crippen LogP contribution in [0.4, 0.5) is 0 Å². The Balaban J connectivity index is 1.73. The van der Waals surface area contributed by atoms with Crippen LogP contribution >= 0.6 is 45.3 Å². The first kappa shape index (κ1) is 13.6. The van der Waals surface area contributed by atoms with Crippen LogP contribution in [0.5, 0.6) is 0 Å². The van der Waals surface area contributed by atoms with E-state index < -0.39 is 0 Å². The van der Waals surface area contributed by atoms with Crippen LogP contribution in [0.2, 0.25) is 0 Å². The molecular formula is C15H12N2S4. The van der Waals surface area contributed by atoms with Gasteiger partial charge in [0, 0.05) is 31.5 Å². The molecule has 0 aliphatic heterocycles. The minimum atomic E-state index is 1.01. The molecule has 106 valence electrons. The maximum atomic E-state index is 4.46. The van der Waals surface area contributed by atoms with Gasteiger partial charge >= 0.3 is 0 Å². The average molecular weight is 349 g/mol. The van der Waals surface area contributed by atoms with Crippen molar-refractivity contribution in [1.82, 2.24) is 9.97 Å². The van der Waals surface area contributed by atoms with Gasteiger partial charge in [0.25, 0.3) is 0 Å². The minimum absolute atomic E-state index is 1.01. The Morgan fingerprint density at radius 3 is 1.95 bits per heavy atom. The highest BCUT2D eigenvalue weighted by Crippen LogP contribution is 2.43. The van der Waals surface area contributed by atoms with Gasteiger partial charge in [-0.3, -0.25) is 0 Å². The summed E-state index contributed by atoms with van der Waals surface area (Å²) in [5, 5.41) is 2.33. The SMILES string of the molecule is CCc1ncc(-c2cc3sc(-c4cnc(C)s4)cc3s2)s1. The Bertz CT molecular complexity index is 878. The second kappa shape index (κ2) is 5.28. The van der Waals surface area contributed by atoms with Gasteiger partial charge < -0.3 is 0 Å². The standard InChI is InChI=1S/C15H12N2S4/c1-3-15-17-7-14(21-15)12-5-10-9(20-12)4-11(19-10)13-6-16-8(2)18-13/h4-7H,3H2,1-2H3. The third kappa shape index (κ3) is 2.46. The number of thiazole rings is 2. The average Bonchev–Trinajstić information content (AvgIpc) is 3.19. The summed E-state index contributed by atoms with van der Waals surface area (Å²) in [4.78, 5) is 14.0. The zero-order valence-corrected chi connectivity index (χ0v) is 14.8. The van der Waals surface area contributed by atoms with Crippen molar-refractivity contribution in [1.29, 1.82) is 0 Å². The molecule has 0 aliphatic rings. The molecule has 0 fully saturated rings. The normalized spacial score (nSPS) is 11.5. The van der Waals surface area contributed by atoms with Crippen LogP contribution in [0.1, 0.15) is 16.9 Å². The second-order valence-corrected chi connectivity index (χ2v) is 9.18. The highest BCUT2D eigenvalue weighted by molar-refractivity contribution is 7.33. The molecule has 0 bridgehead atoms. The molecule has 0 aliphatic carbocycles. The van der Waals surface area contributed by atoms with Gasteiger partial charge in [-0.2, -0.15) is 0 Å². The van der Waals surface area contributed by atoms with Crippen molar-refractivity contribution >= 4 is 54.7 Å². The highest BCUT2D eigenvalue weighted by atomic mass is 32.1. The molecule has 0 aromatic carbocycles. The number of aromatic nitrogens is 2. The van der Waals surface area contributed by atoms with E-state index in [2.05, 4.69) is 35.9 Å². The number of hydrogen-bond acceptors (Lipinski definition) is 6. The molecule has 4 heterocycles. The fourth-order valence-corrected chi connectivity index (χ4v) is 6.30. The number of aryl methyl sites for hydroxylation is 2. The molecule has 4 rings (SSSR count). The molecular weight excluding hydrogens is 336 g/mol. The largest absolute Gasteiger partial charge is 0.249 e. The molecule has 21 heavy (non-hydrogen) atoms. The minimum Gasteiger partial charge on any atom is -0.249 e. The molecule has 6 heteroatoms. The number of rotatable bonds is 3. The maximum Gasteiger partial charge on any atom is 0.0928 e. The molecule has 0 amide bonds. The lowest BCUT2D eigenvalue weighted by molar-refractivity contribution is 1.09. The van der Waals surface area contributed by atoms with Gasteiger partial charge in [0.15, 0.2) is 0 Å². The molecule has 4 aromatic heterocycles. The van der Waals surface area contributed by atoms with E-state index in [9.17, 15) is 0 Å². The van der Waals surface area contributed by atoms with Gasteiger partial charge in [-0.15, -0.1) is 45.3 Å². The van der Waals surface area contributed by atoms with E-state index in [1.54, 1.807) is 22.7 Å². The van der Waals surface area contributed by atoms with E-state index >= 15 is 0 Å². The first-order chi connectivity index (χ1) is 10.2. The van der Waals surface area contributed by atoms with Crippen molar-refractivity contribution in [3.05, 3.63) is 34.5 Å². The van der Waals surface area contributed by atoms with Gasteiger partial charge in [-0.1, -0.05) is 6.92 Å². The van der Waals surface area contributed by atoms with Crippen LogP contribution in [-0.4, -0.2) is 9.97 Å². The van der Waals surface area contributed by atoms with Gasteiger partial charge in [-0.05, 0) is 25.5 Å². The summed E-state index contributed by atoms with van der Waals surface area (Å²) < 4.78 is 2.73. The smallest absolute Gasteiger partial charge is 0.0928 e. The lowest BCUT2D eigenvalue weighted by Crippen LogP contribution is -1.70. The predicted molar refractivity (Wildman–Crippen MR) is 96.0 cm³/mol. The molecule has 0 unspecified atom stereocenters. The monoisotopic (exact) mass is 348 g/mol. The molecule has 2 nitrogen and oxygen atoms in total. The third-order valence-electron chi connectivity index (χ3n) is 3.17. The highest BCUT2D eigenvalue weighted by Gasteiger charge is 2.12. The summed E-state index contributed by atoms with van der Waals surface area (Å²) in [6.07, 6.45) is 5.00. The van der Waals surface area contributed by atoms with E-state index in [0.29, 0.717) is 0 Å². The van der Waals surface area contributed by atoms with Crippen molar-refractivity contribution in [2.24, 2.45) is 0 Å². The summed E-state index contributed by atoms with van der Waals surface area (Å²) in [6.45, 7) is 4.20. The fourth-order valence-electron chi connectivity index (χ4n) is 2.14. The Labute approximate surface area is 138 Å². The number of thiophene rings is 2. The Hall–Kier alpha value is -1.08. The second-order valence-electron chi connectivity index (χ2n) is 4.67. The van der Waals surface area contributed by atoms with Gasteiger partial charge in [-0.25, -0.2) is 9.97 Å². The van der Waals surface area contributed by atoms with Crippen LogP contribution in [0.3, 0.4) is 0 Å². The van der Waals surface area contributed by atoms with Gasteiger partial charge in [0.05, 0.1) is 19.8 Å². The maximum absolute atomic E-state index is 4.46. The van der Waals surface area contributed by atoms with Crippen LogP contribution in [0.25, 0.3) is 28.9 Å². The summed E-state index contributed by atoms with van der Waals surface area (Å²) in [5.74, 6) is 0. The molecule has 0 spiro atoms. The van der Waals surface area contributed by atoms with E-state index in [-0.39, 0.29) is 0 Å². The van der Waals surface area contributed by atoms with E-state index in [0.717, 1.165) is 11.4 Å². The Morgan fingerprint density at radius 1 is 0.810 bits per heavy atom. The predicted octanol–water partition coefficient (Wildman–Crippen LogP) is 6.08. The Morgan fingerprint density at radius 2 is 1.43 bits per heavy atom. The van der Waals surface area contributed by atoms with Crippen LogP contribution in [0, 0.1) is 6.92 Å². The lowest BCUT2D eigenvalue weighted by Gasteiger charge is -1.89. The Kier molecular flexibility index (Phi) is 3.41. The van der Waals surface area contributed by atoms with Gasteiger partial charge in [0.1, 0.15) is 0 Å². The zero-order chi connectivity index (χ0) is 14.4. The quantitative estimate of drug-likeness (QED) is 0.448. The number of nitrogens with zero attached hydrogens (tertiary/aromatic N) is 2. The molecule has 0 radical (unpaired) electrons. The topological polar surface area (TPSA) is 25.8 Å². The molecule has 4 aromatic rings. The number of hydrogen-bond donors (Lipinski definition) is 0. The summed E-state index contributed by atoms with van der Waals surface area (Å²) in [6, 6.07) is 4.60. The van der Waals surface area contributed by atoms with Crippen LogP contribution in [0.15, 0.2) is 24.5 Å². The number of fused-ring (bicyclic) bond motifs is 1. The van der Waals surface area contributed by atoms with Gasteiger partial charge in [0.2, 0.25) is 0 Å². The van der Waals surface area contributed by atoms with Crippen LogP contribution < -0.4 is 0 Å². The van der Waals surface area contributed by atoms with E-state index in [4.69, 9.17) is 0 Å². The molecule has 0 atom stereocenters. The summed E-state index contributed by atoms with van der Waals surface area (Å²) >= 11 is 7.29. The third-order valence-corrected chi connectivity index (χ3v) is 7.91. The van der Waals surface area contributed by atoms with Crippen molar-refractivity contribution < 1.29 is 0 Å². The fraction of sp³-hybridized carbons (Fsp3) is 0.200. The van der Waals surface area contributed by atoms with Crippen molar-refractivity contribution in [3.8, 4) is 19.5 Å². The van der Waals surface area contributed by atoms with Crippen molar-refractivity contribution in [3.63, 3.8) is 0 Å². The lowest BCUT2D eigenvalue weighted by atomic mass is 10.4. The van der Waals surface area contributed by atoms with Crippen molar-refractivity contribution in [2.45, 2.75) is 20.3 Å². The molecule has 0 saturated heterocycles. The van der Waals surface area contributed by atoms with Crippen LogP contribution in [-0.2, 0) is 6.42 Å². The summed E-state index contributed by atoms with van der Waals surface area (Å²) in [7, 11) is 0.